The van der Waals surface area contributed by atoms with Gasteiger partial charge in [0.1, 0.15) is 11.6 Å². The highest BCUT2D eigenvalue weighted by molar-refractivity contribution is 8.49. The van der Waals surface area contributed by atoms with Gasteiger partial charge in [0.2, 0.25) is 0 Å². The molecule has 0 spiro atoms. The van der Waals surface area contributed by atoms with Crippen molar-refractivity contribution in [2.24, 2.45) is 4.40 Å². The minimum absolute atomic E-state index is 0.184. The first kappa shape index (κ1) is 16.1. The van der Waals surface area contributed by atoms with Gasteiger partial charge in [-0.25, -0.2) is 9.19 Å². The summed E-state index contributed by atoms with van der Waals surface area (Å²) in [5.41, 5.74) is 2.48. The Bertz CT molecular complexity index is 785. The van der Waals surface area contributed by atoms with E-state index >= 15 is 0 Å². The fourth-order valence-corrected chi connectivity index (χ4v) is 4.99. The maximum Gasteiger partial charge on any atom is 0.372 e. The van der Waals surface area contributed by atoms with E-state index in [0.29, 0.717) is 4.48 Å². The lowest BCUT2D eigenvalue weighted by Gasteiger charge is -2.42. The minimum atomic E-state index is -0.262. The molecule has 126 valence electrons. The number of nitrogens with zero attached hydrogens (tertiary/aromatic N) is 2. The topological polar surface area (TPSA) is 38.7 Å². The Kier molecular flexibility index (Phi) is 4.14. The van der Waals surface area contributed by atoms with Gasteiger partial charge in [-0.1, -0.05) is 31.2 Å². The predicted octanol–water partition coefficient (Wildman–Crippen LogP) is 4.13. The number of thioether (sulfide) groups is 1. The molecule has 3 heterocycles. The van der Waals surface area contributed by atoms with E-state index in [1.165, 1.54) is 27.2 Å². The normalized spacial score (nSPS) is 28.4. The third kappa shape index (κ3) is 2.98. The SMILES string of the molecule is CCSC(=O)OC(c1ccccc1)[N+]1(C)CCC=C(C2=S3N=C23)C1. The summed E-state index contributed by atoms with van der Waals surface area (Å²) in [6.45, 7) is 3.85. The molecule has 4 nitrogen and oxygen atoms in total. The van der Waals surface area contributed by atoms with Crippen LogP contribution in [0, 0.1) is 0 Å². The molecule has 0 bridgehead atoms. The van der Waals surface area contributed by atoms with Crippen molar-refractivity contribution >= 4 is 37.6 Å². The van der Waals surface area contributed by atoms with Gasteiger partial charge < -0.3 is 4.74 Å². The first-order valence-corrected chi connectivity index (χ1v) is 10.4. The van der Waals surface area contributed by atoms with Crippen LogP contribution in [-0.4, -0.2) is 45.6 Å². The fourth-order valence-electron chi connectivity index (χ4n) is 3.35. The molecule has 0 amide bonds. The summed E-state index contributed by atoms with van der Waals surface area (Å²) >= 11 is 1.24. The zero-order chi connectivity index (χ0) is 16.7. The lowest BCUT2D eigenvalue weighted by atomic mass is 10.0. The molecular weight excluding hydrogens is 340 g/mol. The van der Waals surface area contributed by atoms with Crippen LogP contribution >= 0.6 is 22.4 Å². The number of likely N-dealkylation sites (N-methyl/N-ethyl adjacent to an activating group) is 1. The molecular formula is C18H21N2O2S2+. The molecule has 0 saturated carbocycles. The number of fused-ring (bicyclic) bond motifs is 1. The van der Waals surface area contributed by atoms with Crippen LogP contribution in [0.3, 0.4) is 0 Å². The van der Waals surface area contributed by atoms with Crippen LogP contribution in [0.15, 0.2) is 46.4 Å². The molecule has 0 aromatic heterocycles. The smallest absolute Gasteiger partial charge is 0.372 e. The Labute approximate surface area is 149 Å². The van der Waals surface area contributed by atoms with E-state index in [1.807, 2.05) is 25.1 Å². The number of hydrogen-bond acceptors (Lipinski definition) is 4. The van der Waals surface area contributed by atoms with Crippen molar-refractivity contribution in [3.8, 4) is 0 Å². The van der Waals surface area contributed by atoms with Crippen LogP contribution < -0.4 is 0 Å². The van der Waals surface area contributed by atoms with Crippen LogP contribution in [0.2, 0.25) is 0 Å². The number of hydrogen-bond donors (Lipinski definition) is 0. The van der Waals surface area contributed by atoms with Crippen LogP contribution in [-0.2, 0) is 4.74 Å². The van der Waals surface area contributed by atoms with Gasteiger partial charge in [-0.2, -0.15) is 0 Å². The van der Waals surface area contributed by atoms with E-state index in [-0.39, 0.29) is 22.2 Å². The second-order valence-corrected chi connectivity index (χ2v) is 9.20. The second kappa shape index (κ2) is 6.17. The fraction of sp³-hybridized carbons (Fsp3) is 0.389. The number of benzene rings is 1. The average Bonchev–Trinajstić information content (AvgIpc) is 3.46. The maximum atomic E-state index is 12.2. The monoisotopic (exact) mass is 361 g/mol. The molecule has 0 aliphatic carbocycles. The lowest BCUT2D eigenvalue weighted by Crippen LogP contribution is -2.52. The summed E-state index contributed by atoms with van der Waals surface area (Å²) in [6.07, 6.45) is 3.10. The van der Waals surface area contributed by atoms with Gasteiger partial charge in [-0.15, -0.1) is 0 Å². The molecule has 6 heteroatoms. The molecule has 1 aromatic carbocycles. The largest absolute Gasteiger partial charge is 0.400 e. The first-order valence-electron chi connectivity index (χ1n) is 8.25. The molecule has 0 fully saturated rings. The molecule has 3 atom stereocenters. The van der Waals surface area contributed by atoms with Crippen molar-refractivity contribution < 1.29 is 14.0 Å². The van der Waals surface area contributed by atoms with E-state index in [4.69, 9.17) is 4.74 Å². The van der Waals surface area contributed by atoms with Gasteiger partial charge in [-0.3, -0.25) is 4.48 Å². The van der Waals surface area contributed by atoms with E-state index in [0.717, 1.165) is 30.8 Å². The Hall–Kier alpha value is -1.37. The summed E-state index contributed by atoms with van der Waals surface area (Å²) in [7, 11) is 2.39. The van der Waals surface area contributed by atoms with Gasteiger partial charge in [0, 0.05) is 17.7 Å². The van der Waals surface area contributed by atoms with Gasteiger partial charge in [0.25, 0.3) is 6.23 Å². The van der Waals surface area contributed by atoms with Crippen molar-refractivity contribution in [2.75, 3.05) is 25.9 Å². The standard InChI is InChI=1S/C18H21N2O2S2/c1-3-23-18(21)22-17(13-8-5-4-6-9-13)20(2)11-7-10-14(12-20)15-16-19-24(15)16/h4-6,8-10,17H,3,7,11-12H2,1-2H3/q+1. The number of quaternary nitrogens is 1. The number of rotatable bonds is 5. The summed E-state index contributed by atoms with van der Waals surface area (Å²) in [4.78, 5) is 13.7. The third-order valence-electron chi connectivity index (χ3n) is 4.65. The van der Waals surface area contributed by atoms with Crippen LogP contribution in [0.25, 0.3) is 0 Å². The van der Waals surface area contributed by atoms with Crippen molar-refractivity contribution in [3.05, 3.63) is 47.5 Å². The zero-order valence-corrected chi connectivity index (χ0v) is 15.5. The molecule has 1 aromatic rings. The van der Waals surface area contributed by atoms with Crippen LogP contribution in [0.4, 0.5) is 4.79 Å². The van der Waals surface area contributed by atoms with E-state index in [2.05, 4.69) is 29.7 Å². The van der Waals surface area contributed by atoms with Gasteiger partial charge in [0.15, 0.2) is 0 Å². The van der Waals surface area contributed by atoms with Crippen molar-refractivity contribution in [3.63, 3.8) is 0 Å². The zero-order valence-electron chi connectivity index (χ0n) is 13.9. The van der Waals surface area contributed by atoms with E-state index in [9.17, 15) is 4.79 Å². The van der Waals surface area contributed by atoms with Crippen LogP contribution in [0.1, 0.15) is 25.1 Å². The Morgan fingerprint density at radius 2 is 2.17 bits per heavy atom. The Morgan fingerprint density at radius 3 is 2.79 bits per heavy atom. The summed E-state index contributed by atoms with van der Waals surface area (Å²) in [6, 6.07) is 10.1. The number of carbonyl (C=O) groups excluding carboxylic acids is 1. The first-order chi connectivity index (χ1) is 11.6. The lowest BCUT2D eigenvalue weighted by molar-refractivity contribution is -0.955. The van der Waals surface area contributed by atoms with Crippen LogP contribution in [0.5, 0.6) is 0 Å². The number of ether oxygens (including phenoxy) is 1. The highest BCUT2D eigenvalue weighted by atomic mass is 32.2. The summed E-state index contributed by atoms with van der Waals surface area (Å²) in [5, 5.41) is 1.14. The number of carbonyl (C=O) groups is 1. The summed E-state index contributed by atoms with van der Waals surface area (Å²) < 4.78 is 11.0. The molecule has 3 aliphatic rings. The summed E-state index contributed by atoms with van der Waals surface area (Å²) in [5.74, 6) is 0.732. The molecule has 3 aliphatic heterocycles. The highest BCUT2D eigenvalue weighted by Crippen LogP contribution is 2.54. The molecule has 3 unspecified atom stereocenters. The Morgan fingerprint density at radius 1 is 1.42 bits per heavy atom. The molecule has 0 saturated heterocycles. The van der Waals surface area contributed by atoms with Gasteiger partial charge in [0.05, 0.1) is 24.0 Å². The molecule has 4 rings (SSSR count). The van der Waals surface area contributed by atoms with E-state index in [1.54, 1.807) is 0 Å². The Balaban J connectivity index is 1.59. The molecule has 0 N–H and O–H groups in total. The average molecular weight is 362 g/mol. The predicted molar refractivity (Wildman–Crippen MR) is 102 cm³/mol. The third-order valence-corrected chi connectivity index (χ3v) is 6.76. The van der Waals surface area contributed by atoms with Crippen molar-refractivity contribution in [1.82, 2.24) is 0 Å². The quantitative estimate of drug-likeness (QED) is 0.450. The second-order valence-electron chi connectivity index (χ2n) is 6.45. The van der Waals surface area contributed by atoms with Gasteiger partial charge >= 0.3 is 5.30 Å². The molecule has 24 heavy (non-hydrogen) atoms. The molecule has 0 radical (unpaired) electrons. The highest BCUT2D eigenvalue weighted by Gasteiger charge is 2.49. The maximum absolute atomic E-state index is 12.2. The van der Waals surface area contributed by atoms with Gasteiger partial charge in [-0.05, 0) is 34.6 Å². The van der Waals surface area contributed by atoms with Crippen molar-refractivity contribution in [2.45, 2.75) is 19.6 Å². The van der Waals surface area contributed by atoms with E-state index < -0.39 is 0 Å². The van der Waals surface area contributed by atoms with Crippen molar-refractivity contribution in [1.29, 1.82) is 0 Å². The minimum Gasteiger partial charge on any atom is -0.400 e.